The van der Waals surface area contributed by atoms with Crippen LogP contribution < -0.4 is 0 Å². The third-order valence-electron chi connectivity index (χ3n) is 3.48. The van der Waals surface area contributed by atoms with E-state index >= 15 is 0 Å². The van der Waals surface area contributed by atoms with Crippen LogP contribution in [0.1, 0.15) is 18.3 Å². The van der Waals surface area contributed by atoms with Crippen molar-refractivity contribution in [2.45, 2.75) is 20.3 Å². The van der Waals surface area contributed by atoms with Crippen LogP contribution in [0.25, 0.3) is 5.69 Å². The first-order valence-electron chi connectivity index (χ1n) is 7.40. The molecule has 0 N–H and O–H groups in total. The third kappa shape index (κ3) is 2.81. The molecule has 0 fully saturated rings. The van der Waals surface area contributed by atoms with E-state index in [1.165, 1.54) is 0 Å². The van der Waals surface area contributed by atoms with Crippen molar-refractivity contribution in [1.29, 1.82) is 0 Å². The number of hydrogen-bond acceptors (Lipinski definition) is 3. The van der Waals surface area contributed by atoms with Crippen molar-refractivity contribution in [3.05, 3.63) is 72.1 Å². The Morgan fingerprint density at radius 3 is 2.18 bits per heavy atom. The molecule has 110 valence electrons. The maximum Gasteiger partial charge on any atom is 0.130 e. The molecule has 3 rings (SSSR count). The lowest BCUT2D eigenvalue weighted by molar-refractivity contribution is 0.804. The van der Waals surface area contributed by atoms with E-state index in [1.54, 1.807) is 0 Å². The van der Waals surface area contributed by atoms with Crippen LogP contribution in [0.3, 0.4) is 0 Å². The molecule has 2 aromatic carbocycles. The Bertz CT molecular complexity index is 774. The standard InChI is InChI=1S/C18H18N4/c1-3-17-18(20-19-15-10-6-4-7-11-15)14(2)21-22(17)16-12-8-5-9-13-16/h4-13H,3H2,1-2H3. The second-order valence-corrected chi connectivity index (χ2v) is 5.02. The first-order valence-corrected chi connectivity index (χ1v) is 7.40. The molecule has 3 aromatic rings. The minimum absolute atomic E-state index is 0.844. The van der Waals surface area contributed by atoms with Gasteiger partial charge in [0.2, 0.25) is 0 Å². The number of benzene rings is 2. The largest absolute Gasteiger partial charge is 0.235 e. The van der Waals surface area contributed by atoms with Crippen LogP contribution in [0, 0.1) is 6.92 Å². The zero-order valence-corrected chi connectivity index (χ0v) is 12.8. The number of aromatic nitrogens is 2. The number of para-hydroxylation sites is 1. The van der Waals surface area contributed by atoms with E-state index in [-0.39, 0.29) is 0 Å². The molecule has 0 aliphatic rings. The molecule has 0 radical (unpaired) electrons. The molecule has 4 nitrogen and oxygen atoms in total. The zero-order chi connectivity index (χ0) is 15.4. The minimum atomic E-state index is 0.844. The molecule has 1 aromatic heterocycles. The summed E-state index contributed by atoms with van der Waals surface area (Å²) in [5.41, 5.74) is 4.71. The summed E-state index contributed by atoms with van der Waals surface area (Å²) >= 11 is 0. The van der Waals surface area contributed by atoms with Crippen molar-refractivity contribution in [2.75, 3.05) is 0 Å². The number of azo groups is 1. The highest BCUT2D eigenvalue weighted by Crippen LogP contribution is 2.28. The van der Waals surface area contributed by atoms with Gasteiger partial charge in [0.15, 0.2) is 0 Å². The van der Waals surface area contributed by atoms with Gasteiger partial charge in [-0.25, -0.2) is 4.68 Å². The number of hydrogen-bond donors (Lipinski definition) is 0. The fourth-order valence-corrected chi connectivity index (χ4v) is 2.40. The van der Waals surface area contributed by atoms with Crippen molar-refractivity contribution in [2.24, 2.45) is 10.2 Å². The first kappa shape index (κ1) is 14.2. The highest BCUT2D eigenvalue weighted by molar-refractivity contribution is 5.51. The van der Waals surface area contributed by atoms with Gasteiger partial charge in [-0.05, 0) is 37.6 Å². The van der Waals surface area contributed by atoms with Crippen LogP contribution >= 0.6 is 0 Å². The Morgan fingerprint density at radius 1 is 0.909 bits per heavy atom. The lowest BCUT2D eigenvalue weighted by atomic mass is 10.2. The van der Waals surface area contributed by atoms with E-state index in [9.17, 15) is 0 Å². The summed E-state index contributed by atoms with van der Waals surface area (Å²) in [6.07, 6.45) is 0.846. The second-order valence-electron chi connectivity index (χ2n) is 5.02. The van der Waals surface area contributed by atoms with Crippen molar-refractivity contribution in [3.63, 3.8) is 0 Å². The summed E-state index contributed by atoms with van der Waals surface area (Å²) in [6.45, 7) is 4.08. The highest BCUT2D eigenvalue weighted by Gasteiger charge is 2.14. The van der Waals surface area contributed by atoms with E-state index in [4.69, 9.17) is 0 Å². The lowest BCUT2D eigenvalue weighted by Crippen LogP contribution is -2.00. The predicted octanol–water partition coefficient (Wildman–Crippen LogP) is 5.16. The fraction of sp³-hybridized carbons (Fsp3) is 0.167. The molecule has 0 saturated heterocycles. The topological polar surface area (TPSA) is 42.5 Å². The van der Waals surface area contributed by atoms with Gasteiger partial charge in [-0.15, -0.1) is 5.11 Å². The Labute approximate surface area is 130 Å². The molecule has 22 heavy (non-hydrogen) atoms. The highest BCUT2D eigenvalue weighted by atomic mass is 15.3. The van der Waals surface area contributed by atoms with Crippen molar-refractivity contribution in [1.82, 2.24) is 9.78 Å². The maximum absolute atomic E-state index is 4.63. The van der Waals surface area contributed by atoms with Gasteiger partial charge in [0.05, 0.1) is 22.8 Å². The summed E-state index contributed by atoms with van der Waals surface area (Å²) in [6, 6.07) is 19.9. The Morgan fingerprint density at radius 2 is 1.55 bits per heavy atom. The average molecular weight is 290 g/mol. The van der Waals surface area contributed by atoms with Crippen LogP contribution in [-0.4, -0.2) is 9.78 Å². The van der Waals surface area contributed by atoms with Gasteiger partial charge in [0.1, 0.15) is 5.69 Å². The smallest absolute Gasteiger partial charge is 0.130 e. The van der Waals surface area contributed by atoms with Crippen LogP contribution in [0.2, 0.25) is 0 Å². The van der Waals surface area contributed by atoms with Gasteiger partial charge in [0.25, 0.3) is 0 Å². The van der Waals surface area contributed by atoms with Gasteiger partial charge in [-0.3, -0.25) is 0 Å². The molecule has 4 heteroatoms. The van der Waals surface area contributed by atoms with Gasteiger partial charge in [-0.2, -0.15) is 10.2 Å². The summed E-state index contributed by atoms with van der Waals surface area (Å²) in [5, 5.41) is 13.4. The van der Waals surface area contributed by atoms with Gasteiger partial charge in [-0.1, -0.05) is 43.3 Å². The van der Waals surface area contributed by atoms with Crippen LogP contribution in [-0.2, 0) is 6.42 Å². The van der Waals surface area contributed by atoms with E-state index in [0.717, 1.165) is 34.9 Å². The monoisotopic (exact) mass is 290 g/mol. The molecular weight excluding hydrogens is 272 g/mol. The minimum Gasteiger partial charge on any atom is -0.235 e. The Kier molecular flexibility index (Phi) is 4.10. The SMILES string of the molecule is CCc1c(N=Nc2ccccc2)c(C)nn1-c1ccccc1. The summed E-state index contributed by atoms with van der Waals surface area (Å²) < 4.78 is 1.95. The van der Waals surface area contributed by atoms with Crippen LogP contribution in [0.15, 0.2) is 70.9 Å². The molecule has 0 saturated carbocycles. The van der Waals surface area contributed by atoms with Crippen LogP contribution in [0.4, 0.5) is 11.4 Å². The predicted molar refractivity (Wildman–Crippen MR) is 88.3 cm³/mol. The normalized spacial score (nSPS) is 11.2. The Balaban J connectivity index is 2.02. The van der Waals surface area contributed by atoms with Gasteiger partial charge < -0.3 is 0 Å². The molecule has 0 spiro atoms. The molecule has 1 heterocycles. The zero-order valence-electron chi connectivity index (χ0n) is 12.8. The summed E-state index contributed by atoms with van der Waals surface area (Å²) in [4.78, 5) is 0. The van der Waals surface area contributed by atoms with E-state index < -0.39 is 0 Å². The quantitative estimate of drug-likeness (QED) is 0.612. The van der Waals surface area contributed by atoms with E-state index in [1.807, 2.05) is 72.3 Å². The fourth-order valence-electron chi connectivity index (χ4n) is 2.40. The number of aryl methyl sites for hydroxylation is 1. The Hall–Kier alpha value is -2.75. The summed E-state index contributed by atoms with van der Waals surface area (Å²) in [7, 11) is 0. The van der Waals surface area contributed by atoms with Crippen molar-refractivity contribution in [3.8, 4) is 5.69 Å². The molecular formula is C18H18N4. The summed E-state index contributed by atoms with van der Waals surface area (Å²) in [5.74, 6) is 0. The number of nitrogens with zero attached hydrogens (tertiary/aromatic N) is 4. The average Bonchev–Trinajstić information content (AvgIpc) is 2.90. The van der Waals surface area contributed by atoms with Gasteiger partial charge in [0, 0.05) is 0 Å². The molecule has 0 amide bonds. The van der Waals surface area contributed by atoms with E-state index in [2.05, 4.69) is 22.3 Å². The molecule has 0 bridgehead atoms. The van der Waals surface area contributed by atoms with Crippen LogP contribution in [0.5, 0.6) is 0 Å². The molecule has 0 aliphatic heterocycles. The molecule has 0 atom stereocenters. The first-order chi connectivity index (χ1) is 10.8. The number of rotatable bonds is 4. The lowest BCUT2D eigenvalue weighted by Gasteiger charge is -2.05. The van der Waals surface area contributed by atoms with Gasteiger partial charge >= 0.3 is 0 Å². The molecule has 0 unspecified atom stereocenters. The third-order valence-corrected chi connectivity index (χ3v) is 3.48. The second kappa shape index (κ2) is 6.35. The van der Waals surface area contributed by atoms with E-state index in [0.29, 0.717) is 0 Å². The van der Waals surface area contributed by atoms with Crippen molar-refractivity contribution >= 4 is 11.4 Å². The molecule has 0 aliphatic carbocycles. The van der Waals surface area contributed by atoms with Crippen molar-refractivity contribution < 1.29 is 0 Å². The maximum atomic E-state index is 4.63.